The Morgan fingerprint density at radius 1 is 0.545 bits per heavy atom. The molecule has 0 aromatic heterocycles. The second-order valence-electron chi connectivity index (χ2n) is 3.33. The van der Waals surface area contributed by atoms with Crippen LogP contribution in [0.5, 0.6) is 0 Å². The van der Waals surface area contributed by atoms with Gasteiger partial charge in [0, 0.05) is 0 Å². The van der Waals surface area contributed by atoms with Gasteiger partial charge in [-0.1, -0.05) is 72.8 Å². The molecular formula is C14H12N6Na2. The summed E-state index contributed by atoms with van der Waals surface area (Å²) in [6.45, 7) is 0. The molecule has 0 amide bonds. The number of hydrogen-bond acceptors (Lipinski definition) is 0. The van der Waals surface area contributed by atoms with E-state index in [4.69, 9.17) is 22.1 Å². The molecule has 0 aliphatic rings. The normalized spacial score (nSPS) is 7.45. The molecule has 0 atom stereocenters. The maximum atomic E-state index is 6.75. The van der Waals surface area contributed by atoms with E-state index in [1.807, 2.05) is 36.4 Å². The Morgan fingerprint density at radius 2 is 0.773 bits per heavy atom. The Labute approximate surface area is 173 Å². The van der Waals surface area contributed by atoms with E-state index in [0.29, 0.717) is 0 Å². The van der Waals surface area contributed by atoms with Crippen LogP contribution in [-0.4, -0.2) is 0 Å². The summed E-state index contributed by atoms with van der Waals surface area (Å²) >= 11 is 0. The minimum atomic E-state index is 0. The zero-order valence-corrected chi connectivity index (χ0v) is 16.6. The van der Waals surface area contributed by atoms with E-state index in [1.165, 1.54) is 21.0 Å². The monoisotopic (exact) mass is 310 g/mol. The van der Waals surface area contributed by atoms with Gasteiger partial charge in [0.1, 0.15) is 0 Å². The first kappa shape index (κ1) is 25.7. The molecular weight excluding hydrogens is 298 g/mol. The zero-order chi connectivity index (χ0) is 15.1. The average Bonchev–Trinajstić information content (AvgIpc) is 2.49. The van der Waals surface area contributed by atoms with Gasteiger partial charge in [-0.3, -0.25) is 9.82 Å². The summed E-state index contributed by atoms with van der Waals surface area (Å²) in [6, 6.07) is 20.6. The molecule has 6 nitrogen and oxygen atoms in total. The van der Waals surface area contributed by atoms with Gasteiger partial charge in [0.15, 0.2) is 0 Å². The van der Waals surface area contributed by atoms with E-state index >= 15 is 0 Å². The summed E-state index contributed by atoms with van der Waals surface area (Å²) in [5.41, 5.74) is 29.5. The third kappa shape index (κ3) is 15.2. The Hall–Kier alpha value is -1.20. The molecule has 0 heterocycles. The van der Waals surface area contributed by atoms with Gasteiger partial charge in [0.25, 0.3) is 0 Å². The van der Waals surface area contributed by atoms with Crippen LogP contribution in [0.4, 0.5) is 0 Å². The van der Waals surface area contributed by atoms with Crippen LogP contribution in [0.3, 0.4) is 0 Å². The molecule has 2 rings (SSSR count). The third-order valence-electron chi connectivity index (χ3n) is 2.07. The van der Waals surface area contributed by atoms with Gasteiger partial charge < -0.3 is 22.1 Å². The van der Waals surface area contributed by atoms with E-state index in [9.17, 15) is 0 Å². The molecule has 0 aliphatic carbocycles. The second-order valence-corrected chi connectivity index (χ2v) is 3.33. The molecule has 0 bridgehead atoms. The van der Waals surface area contributed by atoms with Crippen LogP contribution in [0.1, 0.15) is 11.1 Å². The SMILES string of the molecule is C(=Cc1ccccc1)c1ccccc1.[N-]=[N+]=[N-].[N-]=[N+]=[N-].[Na+].[Na+]. The maximum Gasteiger partial charge on any atom is 1.00 e. The molecule has 2 aromatic carbocycles. The number of hydrogen-bond donors (Lipinski definition) is 0. The molecule has 0 spiro atoms. The summed E-state index contributed by atoms with van der Waals surface area (Å²) in [5.74, 6) is 0. The van der Waals surface area contributed by atoms with Gasteiger partial charge in [0.2, 0.25) is 0 Å². The smallest absolute Gasteiger partial charge is 0.373 e. The van der Waals surface area contributed by atoms with Crippen molar-refractivity contribution in [3.05, 3.63) is 104 Å². The minimum Gasteiger partial charge on any atom is -0.373 e. The third-order valence-corrected chi connectivity index (χ3v) is 2.07. The van der Waals surface area contributed by atoms with Crippen molar-refractivity contribution >= 4 is 12.2 Å². The predicted molar refractivity (Wildman–Crippen MR) is 82.0 cm³/mol. The predicted octanol–water partition coefficient (Wildman–Crippen LogP) is -0.403. The molecule has 0 fully saturated rings. The van der Waals surface area contributed by atoms with Crippen molar-refractivity contribution in [1.29, 1.82) is 0 Å². The molecule has 22 heavy (non-hydrogen) atoms. The molecule has 100 valence electrons. The van der Waals surface area contributed by atoms with Gasteiger partial charge >= 0.3 is 59.1 Å². The van der Waals surface area contributed by atoms with Gasteiger partial charge in [-0.25, -0.2) is 0 Å². The van der Waals surface area contributed by atoms with Crippen LogP contribution in [0.25, 0.3) is 44.1 Å². The van der Waals surface area contributed by atoms with E-state index < -0.39 is 0 Å². The van der Waals surface area contributed by atoms with Gasteiger partial charge in [0.05, 0.1) is 0 Å². The van der Waals surface area contributed by atoms with E-state index in [2.05, 4.69) is 36.4 Å². The molecule has 2 aromatic rings. The molecule has 0 aliphatic heterocycles. The molecule has 8 heteroatoms. The summed E-state index contributed by atoms with van der Waals surface area (Å²) in [5, 5.41) is 0. The topological polar surface area (TPSA) is 117 Å². The summed E-state index contributed by atoms with van der Waals surface area (Å²) < 4.78 is 0. The zero-order valence-electron chi connectivity index (χ0n) is 12.6. The first-order valence-electron chi connectivity index (χ1n) is 5.53. The molecule has 0 N–H and O–H groups in total. The Morgan fingerprint density at radius 3 is 1.00 bits per heavy atom. The first-order chi connectivity index (χ1) is 9.78. The fourth-order valence-electron chi connectivity index (χ4n) is 1.32. The fraction of sp³-hybridized carbons (Fsp3) is 0. The van der Waals surface area contributed by atoms with Crippen molar-refractivity contribution in [2.75, 3.05) is 0 Å². The quantitative estimate of drug-likeness (QED) is 0.236. The van der Waals surface area contributed by atoms with Crippen LogP contribution in [0.15, 0.2) is 60.7 Å². The minimum absolute atomic E-state index is 0. The van der Waals surface area contributed by atoms with E-state index in [-0.39, 0.29) is 59.1 Å². The summed E-state index contributed by atoms with van der Waals surface area (Å²) in [7, 11) is 0. The van der Waals surface area contributed by atoms with Crippen LogP contribution in [0.2, 0.25) is 0 Å². The summed E-state index contributed by atoms with van der Waals surface area (Å²) in [6.07, 6.45) is 4.24. The Bertz CT molecular complexity index is 521. The largest absolute Gasteiger partial charge is 1.00 e. The van der Waals surface area contributed by atoms with Crippen molar-refractivity contribution in [2.24, 2.45) is 0 Å². The van der Waals surface area contributed by atoms with Crippen molar-refractivity contribution in [3.63, 3.8) is 0 Å². The van der Waals surface area contributed by atoms with Gasteiger partial charge in [-0.05, 0) is 11.1 Å². The van der Waals surface area contributed by atoms with Gasteiger partial charge in [-0.15, -0.1) is 0 Å². The number of benzene rings is 2. The Balaban J connectivity index is -0.000000396. The van der Waals surface area contributed by atoms with Crippen LogP contribution in [0, 0.1) is 0 Å². The average molecular weight is 310 g/mol. The fourth-order valence-corrected chi connectivity index (χ4v) is 1.32. The van der Waals surface area contributed by atoms with Crippen molar-refractivity contribution in [2.45, 2.75) is 0 Å². The van der Waals surface area contributed by atoms with Crippen LogP contribution in [-0.2, 0) is 0 Å². The van der Waals surface area contributed by atoms with E-state index in [1.54, 1.807) is 0 Å². The molecule has 0 saturated heterocycles. The first-order valence-corrected chi connectivity index (χ1v) is 5.53. The number of rotatable bonds is 2. The molecule has 0 radical (unpaired) electrons. The summed E-state index contributed by atoms with van der Waals surface area (Å²) in [4.78, 5) is 3.00. The molecule has 0 unspecified atom stereocenters. The standard InChI is InChI=1S/C14H12.2N3.2Na/c1-3-7-13(8-4-1)11-12-14-9-5-2-6-10-14;2*1-3-2;;/h1-12H;;;;/q;2*-1;2*+1. The van der Waals surface area contributed by atoms with Crippen molar-refractivity contribution in [1.82, 2.24) is 0 Å². The van der Waals surface area contributed by atoms with E-state index in [0.717, 1.165) is 0 Å². The number of nitrogens with zero attached hydrogens (tertiary/aromatic N) is 6. The Kier molecular flexibility index (Phi) is 23.2. The molecule has 0 saturated carbocycles. The van der Waals surface area contributed by atoms with Crippen molar-refractivity contribution in [3.8, 4) is 0 Å². The van der Waals surface area contributed by atoms with Crippen LogP contribution >= 0.6 is 0 Å². The van der Waals surface area contributed by atoms with Gasteiger partial charge in [-0.2, -0.15) is 0 Å². The maximum absolute atomic E-state index is 6.75. The van der Waals surface area contributed by atoms with Crippen molar-refractivity contribution < 1.29 is 59.1 Å². The van der Waals surface area contributed by atoms with Crippen LogP contribution < -0.4 is 59.1 Å². The second kappa shape index (κ2) is 19.8.